The van der Waals surface area contributed by atoms with Crippen LogP contribution in [0.15, 0.2) is 22.9 Å². The van der Waals surface area contributed by atoms with E-state index in [0.29, 0.717) is 10.0 Å². The van der Waals surface area contributed by atoms with E-state index in [2.05, 4.69) is 31.2 Å². The third kappa shape index (κ3) is 2.92. The lowest BCUT2D eigenvalue weighted by Crippen LogP contribution is -2.10. The van der Waals surface area contributed by atoms with Gasteiger partial charge >= 0.3 is 5.97 Å². The van der Waals surface area contributed by atoms with E-state index in [9.17, 15) is 13.6 Å². The van der Waals surface area contributed by atoms with Gasteiger partial charge in [-0.15, -0.1) is 5.10 Å². The number of aromatic carboxylic acids is 1. The van der Waals surface area contributed by atoms with Gasteiger partial charge in [0.05, 0.1) is 6.54 Å². The molecule has 0 saturated carbocycles. The summed E-state index contributed by atoms with van der Waals surface area (Å²) in [6.07, 6.45) is 0.0464. The Morgan fingerprint density at radius 1 is 1.47 bits per heavy atom. The molecule has 0 aliphatic heterocycles. The Labute approximate surface area is 114 Å². The van der Waals surface area contributed by atoms with Crippen molar-refractivity contribution in [2.75, 3.05) is 0 Å². The lowest BCUT2D eigenvalue weighted by atomic mass is 10.2. The largest absolute Gasteiger partial charge is 0.476 e. The fourth-order valence-electron chi connectivity index (χ4n) is 1.52. The number of rotatable bonds is 4. The maximum atomic E-state index is 12.9. The summed E-state index contributed by atoms with van der Waals surface area (Å²) in [5.41, 5.74) is -0.858. The Bertz CT molecular complexity index is 617. The average molecular weight is 333 g/mol. The third-order valence-corrected chi connectivity index (χ3v) is 2.71. The zero-order valence-electron chi connectivity index (χ0n) is 9.29. The van der Waals surface area contributed by atoms with Gasteiger partial charge in [-0.3, -0.25) is 4.98 Å². The van der Waals surface area contributed by atoms with Gasteiger partial charge in [0, 0.05) is 16.9 Å². The molecule has 2 aromatic rings. The van der Waals surface area contributed by atoms with E-state index in [-0.39, 0.29) is 6.54 Å². The third-order valence-electron chi connectivity index (χ3n) is 2.28. The molecule has 2 aromatic heterocycles. The number of carboxylic acid groups (broad SMARTS) is 1. The van der Waals surface area contributed by atoms with Crippen LogP contribution in [0.1, 0.15) is 28.2 Å². The molecule has 0 unspecified atom stereocenters. The van der Waals surface area contributed by atoms with Crippen molar-refractivity contribution in [2.24, 2.45) is 0 Å². The first-order valence-corrected chi connectivity index (χ1v) is 5.82. The second-order valence-corrected chi connectivity index (χ2v) is 4.51. The molecule has 6 nitrogen and oxygen atoms in total. The van der Waals surface area contributed by atoms with E-state index < -0.39 is 23.8 Å². The summed E-state index contributed by atoms with van der Waals surface area (Å²) in [7, 11) is 0. The highest BCUT2D eigenvalue weighted by Gasteiger charge is 2.26. The normalized spacial score (nSPS) is 10.9. The minimum atomic E-state index is -2.97. The van der Waals surface area contributed by atoms with E-state index >= 15 is 0 Å². The Kier molecular flexibility index (Phi) is 3.84. The summed E-state index contributed by atoms with van der Waals surface area (Å²) in [5.74, 6) is -1.53. The molecule has 1 N–H and O–H groups in total. The second-order valence-electron chi connectivity index (χ2n) is 3.60. The van der Waals surface area contributed by atoms with Crippen molar-refractivity contribution < 1.29 is 18.7 Å². The Hall–Kier alpha value is -1.90. The van der Waals surface area contributed by atoms with Crippen LogP contribution in [0.4, 0.5) is 8.78 Å². The first kappa shape index (κ1) is 13.5. The van der Waals surface area contributed by atoms with Crippen LogP contribution in [-0.4, -0.2) is 31.1 Å². The minimum absolute atomic E-state index is 0.0353. The van der Waals surface area contributed by atoms with Crippen LogP contribution in [0.2, 0.25) is 0 Å². The predicted molar refractivity (Wildman–Crippen MR) is 63.0 cm³/mol. The van der Waals surface area contributed by atoms with Crippen LogP contribution in [0.3, 0.4) is 0 Å². The Morgan fingerprint density at radius 3 is 2.79 bits per heavy atom. The summed E-state index contributed by atoms with van der Waals surface area (Å²) in [4.78, 5) is 14.7. The second kappa shape index (κ2) is 5.39. The molecule has 2 heterocycles. The van der Waals surface area contributed by atoms with E-state index in [1.54, 1.807) is 12.3 Å². The van der Waals surface area contributed by atoms with Crippen molar-refractivity contribution in [2.45, 2.75) is 13.0 Å². The van der Waals surface area contributed by atoms with Crippen LogP contribution in [-0.2, 0) is 6.54 Å². The summed E-state index contributed by atoms with van der Waals surface area (Å²) in [5, 5.41) is 15.5. The number of pyridine rings is 1. The molecule has 0 aromatic carbocycles. The molecule has 0 bridgehead atoms. The van der Waals surface area contributed by atoms with E-state index in [1.165, 1.54) is 6.20 Å². The number of hydrogen-bond donors (Lipinski definition) is 1. The number of hydrogen-bond acceptors (Lipinski definition) is 4. The van der Waals surface area contributed by atoms with Gasteiger partial charge in [-0.05, 0) is 27.6 Å². The molecule has 0 aliphatic carbocycles. The number of carbonyl (C=O) groups is 1. The van der Waals surface area contributed by atoms with Gasteiger partial charge < -0.3 is 5.11 Å². The topological polar surface area (TPSA) is 80.9 Å². The first-order chi connectivity index (χ1) is 8.99. The quantitative estimate of drug-likeness (QED) is 0.927. The zero-order chi connectivity index (χ0) is 14.0. The molecule has 0 saturated heterocycles. The number of carboxylic acids is 1. The molecule has 0 aliphatic rings. The molecule has 0 amide bonds. The fraction of sp³-hybridized carbons (Fsp3) is 0.200. The predicted octanol–water partition coefficient (Wildman–Crippen LogP) is 2.12. The van der Waals surface area contributed by atoms with Gasteiger partial charge in [0.15, 0.2) is 5.69 Å². The number of alkyl halides is 2. The van der Waals surface area contributed by atoms with Crippen LogP contribution >= 0.6 is 15.9 Å². The van der Waals surface area contributed by atoms with Gasteiger partial charge in [-0.2, -0.15) is 0 Å². The smallest absolute Gasteiger partial charge is 0.358 e. The van der Waals surface area contributed by atoms with Crippen LogP contribution in [0.25, 0.3) is 0 Å². The highest BCUT2D eigenvalue weighted by molar-refractivity contribution is 9.10. The molecule has 100 valence electrons. The SMILES string of the molecule is O=C(O)c1nnn(Cc2cncc(Br)c2)c1C(F)F. The molecule has 9 heteroatoms. The summed E-state index contributed by atoms with van der Waals surface area (Å²) < 4.78 is 27.3. The highest BCUT2D eigenvalue weighted by Crippen LogP contribution is 2.22. The molecular formula is C10H7BrF2N4O2. The van der Waals surface area contributed by atoms with Crippen LogP contribution in [0, 0.1) is 0 Å². The van der Waals surface area contributed by atoms with Crippen molar-refractivity contribution in [3.05, 3.63) is 39.9 Å². The summed E-state index contributed by atoms with van der Waals surface area (Å²) in [6.45, 7) is -0.0353. The average Bonchev–Trinajstić information content (AvgIpc) is 2.73. The number of aromatic nitrogens is 4. The maximum Gasteiger partial charge on any atom is 0.358 e. The van der Waals surface area contributed by atoms with Crippen LogP contribution in [0.5, 0.6) is 0 Å². The van der Waals surface area contributed by atoms with Gasteiger partial charge in [0.25, 0.3) is 6.43 Å². The van der Waals surface area contributed by atoms with E-state index in [4.69, 9.17) is 5.11 Å². The highest BCUT2D eigenvalue weighted by atomic mass is 79.9. The van der Waals surface area contributed by atoms with Gasteiger partial charge in [0.2, 0.25) is 0 Å². The van der Waals surface area contributed by atoms with Crippen molar-refractivity contribution >= 4 is 21.9 Å². The van der Waals surface area contributed by atoms with Gasteiger partial charge in [-0.25, -0.2) is 18.3 Å². The van der Waals surface area contributed by atoms with E-state index in [0.717, 1.165) is 4.68 Å². The standard InChI is InChI=1S/C10H7BrF2N4O2/c11-6-1-5(2-14-3-6)4-17-8(9(12)13)7(10(18)19)15-16-17/h1-3,9H,4H2,(H,18,19). The zero-order valence-corrected chi connectivity index (χ0v) is 10.9. The summed E-state index contributed by atoms with van der Waals surface area (Å²) >= 11 is 3.20. The van der Waals surface area contributed by atoms with E-state index in [1.807, 2.05) is 0 Å². The monoisotopic (exact) mass is 332 g/mol. The van der Waals surface area contributed by atoms with Crippen molar-refractivity contribution in [3.63, 3.8) is 0 Å². The molecule has 0 fully saturated rings. The molecule has 19 heavy (non-hydrogen) atoms. The van der Waals surface area contributed by atoms with Gasteiger partial charge in [0.1, 0.15) is 5.69 Å². The summed E-state index contributed by atoms with van der Waals surface area (Å²) in [6, 6.07) is 1.67. The lowest BCUT2D eigenvalue weighted by molar-refractivity contribution is 0.0675. The Balaban J connectivity index is 2.38. The molecule has 0 spiro atoms. The number of nitrogens with zero attached hydrogens (tertiary/aromatic N) is 4. The number of halogens is 3. The molecule has 0 radical (unpaired) electrons. The minimum Gasteiger partial charge on any atom is -0.476 e. The first-order valence-electron chi connectivity index (χ1n) is 5.03. The molecular weight excluding hydrogens is 326 g/mol. The molecule has 2 rings (SSSR count). The fourth-order valence-corrected chi connectivity index (χ4v) is 1.93. The van der Waals surface area contributed by atoms with Crippen molar-refractivity contribution in [1.29, 1.82) is 0 Å². The van der Waals surface area contributed by atoms with Crippen molar-refractivity contribution in [3.8, 4) is 0 Å². The van der Waals surface area contributed by atoms with Crippen molar-refractivity contribution in [1.82, 2.24) is 20.0 Å². The molecule has 0 atom stereocenters. The maximum absolute atomic E-state index is 12.9. The van der Waals surface area contributed by atoms with Gasteiger partial charge in [-0.1, -0.05) is 5.21 Å². The lowest BCUT2D eigenvalue weighted by Gasteiger charge is -2.06. The Morgan fingerprint density at radius 2 is 2.21 bits per heavy atom. The van der Waals surface area contributed by atoms with Crippen LogP contribution < -0.4 is 0 Å².